The molecule has 31 heavy (non-hydrogen) atoms. The molecule has 0 bridgehead atoms. The molecule has 4 aliphatic carbocycles. The highest BCUT2D eigenvalue weighted by molar-refractivity contribution is 5.45. The molecular formula is C28H44O3. The molecule has 1 aliphatic heterocycles. The van der Waals surface area contributed by atoms with Crippen molar-refractivity contribution < 1.29 is 14.9 Å². The van der Waals surface area contributed by atoms with E-state index in [0.29, 0.717) is 36.0 Å². The molecule has 174 valence electrons. The van der Waals surface area contributed by atoms with Gasteiger partial charge in [0.15, 0.2) is 0 Å². The molecular weight excluding hydrogens is 384 g/mol. The van der Waals surface area contributed by atoms with Crippen molar-refractivity contribution in [2.24, 2.45) is 40.4 Å². The molecule has 3 nitrogen and oxygen atoms in total. The summed E-state index contributed by atoms with van der Waals surface area (Å²) in [6, 6.07) is 0. The Labute approximate surface area is 189 Å². The molecule has 0 radical (unpaired) electrons. The smallest absolute Gasteiger partial charge is 0.118 e. The lowest BCUT2D eigenvalue weighted by Crippen LogP contribution is -2.55. The zero-order valence-corrected chi connectivity index (χ0v) is 20.5. The zero-order chi connectivity index (χ0) is 22.3. The molecule has 1 saturated heterocycles. The van der Waals surface area contributed by atoms with Crippen LogP contribution in [0.2, 0.25) is 0 Å². The lowest BCUT2D eigenvalue weighted by molar-refractivity contribution is -0.000636. The van der Waals surface area contributed by atoms with Crippen molar-refractivity contribution in [3.63, 3.8) is 0 Å². The zero-order valence-electron chi connectivity index (χ0n) is 20.5. The second kappa shape index (κ2) is 7.18. The summed E-state index contributed by atoms with van der Waals surface area (Å²) in [5.41, 5.74) is 2.84. The first-order chi connectivity index (χ1) is 14.5. The van der Waals surface area contributed by atoms with Gasteiger partial charge in [-0.15, -0.1) is 0 Å². The fourth-order valence-corrected chi connectivity index (χ4v) is 8.47. The maximum Gasteiger partial charge on any atom is 0.118 e. The van der Waals surface area contributed by atoms with E-state index < -0.39 is 6.10 Å². The largest absolute Gasteiger partial charge is 0.393 e. The van der Waals surface area contributed by atoms with Crippen molar-refractivity contribution in [2.45, 2.75) is 110 Å². The highest BCUT2D eigenvalue weighted by Gasteiger charge is 2.76. The molecule has 2 saturated carbocycles. The van der Waals surface area contributed by atoms with Crippen molar-refractivity contribution in [2.75, 3.05) is 0 Å². The Morgan fingerprint density at radius 2 is 1.74 bits per heavy atom. The molecule has 0 amide bonds. The van der Waals surface area contributed by atoms with Crippen molar-refractivity contribution in [3.8, 4) is 0 Å². The number of hydrogen-bond acceptors (Lipinski definition) is 3. The first-order valence-electron chi connectivity index (χ1n) is 13.0. The average Bonchev–Trinajstić information content (AvgIpc) is 3.34. The molecule has 2 N–H and O–H groups in total. The fourth-order valence-electron chi connectivity index (χ4n) is 8.47. The van der Waals surface area contributed by atoms with Crippen LogP contribution >= 0.6 is 0 Å². The van der Waals surface area contributed by atoms with Gasteiger partial charge in [0.25, 0.3) is 0 Å². The number of allylic oxidation sites excluding steroid dienone is 2. The van der Waals surface area contributed by atoms with E-state index >= 15 is 0 Å². The topological polar surface area (TPSA) is 53.0 Å². The molecule has 5 aliphatic rings. The Balaban J connectivity index is 1.45. The Morgan fingerprint density at radius 1 is 1.00 bits per heavy atom. The molecule has 1 heterocycles. The van der Waals surface area contributed by atoms with Crippen molar-refractivity contribution >= 4 is 0 Å². The van der Waals surface area contributed by atoms with E-state index in [0.717, 1.165) is 19.3 Å². The number of rotatable bonds is 4. The number of ether oxygens (including phenoxy) is 1. The Morgan fingerprint density at radius 3 is 2.45 bits per heavy atom. The van der Waals surface area contributed by atoms with E-state index in [2.05, 4.69) is 53.7 Å². The maximum atomic E-state index is 11.5. The van der Waals surface area contributed by atoms with Crippen LogP contribution in [-0.4, -0.2) is 34.1 Å². The fraction of sp³-hybridized carbons (Fsp3) is 0.857. The van der Waals surface area contributed by atoms with Gasteiger partial charge in [-0.1, -0.05) is 59.3 Å². The Bertz CT molecular complexity index is 798. The predicted octanol–water partition coefficient (Wildman–Crippen LogP) is 5.66. The van der Waals surface area contributed by atoms with Gasteiger partial charge in [-0.3, -0.25) is 0 Å². The molecule has 5 rings (SSSR count). The van der Waals surface area contributed by atoms with Crippen LogP contribution in [0.4, 0.5) is 0 Å². The molecule has 1 spiro atoms. The van der Waals surface area contributed by atoms with E-state index in [9.17, 15) is 10.2 Å². The summed E-state index contributed by atoms with van der Waals surface area (Å²) in [6.07, 6.45) is 11.4. The summed E-state index contributed by atoms with van der Waals surface area (Å²) in [7, 11) is 0. The SMILES string of the molecule is CC(C)[C@H](C)/C=C/[C@H](C)[C@H]1CC[C@H]2C3=C(CC[C@]12C)[C@@]1(C)CC[C@H](O)C[C@@]12O[C@H]2[C@H]3O. The summed E-state index contributed by atoms with van der Waals surface area (Å²) < 4.78 is 6.33. The van der Waals surface area contributed by atoms with Crippen LogP contribution in [0.5, 0.6) is 0 Å². The Kier molecular flexibility index (Phi) is 5.13. The third-order valence-corrected chi connectivity index (χ3v) is 10.9. The third-order valence-electron chi connectivity index (χ3n) is 10.9. The summed E-state index contributed by atoms with van der Waals surface area (Å²) in [5.74, 6) is 3.05. The summed E-state index contributed by atoms with van der Waals surface area (Å²) in [4.78, 5) is 0. The number of fused-ring (bicyclic) bond motifs is 3. The number of aliphatic hydroxyl groups is 2. The third kappa shape index (κ3) is 2.95. The van der Waals surface area contributed by atoms with E-state index in [1.54, 1.807) is 0 Å². The van der Waals surface area contributed by atoms with Gasteiger partial charge in [0, 0.05) is 11.8 Å². The van der Waals surface area contributed by atoms with Crippen LogP contribution in [-0.2, 0) is 4.74 Å². The number of hydrogen-bond donors (Lipinski definition) is 2. The van der Waals surface area contributed by atoms with Crippen LogP contribution in [0.25, 0.3) is 0 Å². The normalized spacial score (nSPS) is 50.7. The lowest BCUT2D eigenvalue weighted by atomic mass is 9.50. The van der Waals surface area contributed by atoms with Gasteiger partial charge in [0.2, 0.25) is 0 Å². The minimum absolute atomic E-state index is 0.00307. The molecule has 3 heteroatoms. The van der Waals surface area contributed by atoms with E-state index in [1.165, 1.54) is 30.4 Å². The predicted molar refractivity (Wildman–Crippen MR) is 124 cm³/mol. The molecule has 0 unspecified atom stereocenters. The minimum Gasteiger partial charge on any atom is -0.393 e. The van der Waals surface area contributed by atoms with Crippen molar-refractivity contribution in [1.29, 1.82) is 0 Å². The minimum atomic E-state index is -0.469. The van der Waals surface area contributed by atoms with Gasteiger partial charge in [0.1, 0.15) is 17.8 Å². The van der Waals surface area contributed by atoms with E-state index in [1.807, 2.05) is 0 Å². The van der Waals surface area contributed by atoms with Crippen LogP contribution in [0.3, 0.4) is 0 Å². The van der Waals surface area contributed by atoms with Gasteiger partial charge < -0.3 is 14.9 Å². The van der Waals surface area contributed by atoms with Crippen molar-refractivity contribution in [1.82, 2.24) is 0 Å². The van der Waals surface area contributed by atoms with Crippen LogP contribution in [0.1, 0.15) is 86.5 Å². The first kappa shape index (κ1) is 22.2. The molecule has 0 aromatic carbocycles. The summed E-state index contributed by atoms with van der Waals surface area (Å²) >= 11 is 0. The van der Waals surface area contributed by atoms with Gasteiger partial charge in [-0.25, -0.2) is 0 Å². The Hall–Kier alpha value is -0.640. The van der Waals surface area contributed by atoms with Crippen LogP contribution in [0, 0.1) is 40.4 Å². The van der Waals surface area contributed by atoms with Crippen LogP contribution < -0.4 is 0 Å². The quantitative estimate of drug-likeness (QED) is 0.449. The van der Waals surface area contributed by atoms with E-state index in [4.69, 9.17) is 4.74 Å². The molecule has 0 aromatic heterocycles. The number of aliphatic hydroxyl groups excluding tert-OH is 2. The second-order valence-electron chi connectivity index (χ2n) is 12.6. The molecule has 3 fully saturated rings. The maximum absolute atomic E-state index is 11.5. The average molecular weight is 429 g/mol. The van der Waals surface area contributed by atoms with Gasteiger partial charge >= 0.3 is 0 Å². The summed E-state index contributed by atoms with van der Waals surface area (Å²) in [5, 5.41) is 21.9. The van der Waals surface area contributed by atoms with Gasteiger partial charge in [-0.05, 0) is 79.1 Å². The lowest BCUT2D eigenvalue weighted by Gasteiger charge is -2.54. The second-order valence-corrected chi connectivity index (χ2v) is 12.6. The van der Waals surface area contributed by atoms with Gasteiger partial charge in [-0.2, -0.15) is 0 Å². The summed E-state index contributed by atoms with van der Waals surface area (Å²) in [6.45, 7) is 14.3. The van der Waals surface area contributed by atoms with Crippen LogP contribution in [0.15, 0.2) is 23.3 Å². The first-order valence-corrected chi connectivity index (χ1v) is 13.0. The molecule has 0 aromatic rings. The van der Waals surface area contributed by atoms with Crippen molar-refractivity contribution in [3.05, 3.63) is 23.3 Å². The molecule has 10 atom stereocenters. The van der Waals surface area contributed by atoms with Gasteiger partial charge in [0.05, 0.1) is 6.10 Å². The number of epoxide rings is 1. The highest BCUT2D eigenvalue weighted by atomic mass is 16.6. The van der Waals surface area contributed by atoms with E-state index in [-0.39, 0.29) is 28.6 Å². The highest BCUT2D eigenvalue weighted by Crippen LogP contribution is 2.72. The standard InChI is InChI=1S/C28H44O3/c1-16(2)17(3)7-8-18(4)20-9-10-21-23-22(12-13-26(20,21)5)27(6)14-11-19(29)15-28(27)25(31-28)24(23)30/h7-8,16-21,24-25,29-30H,9-15H2,1-6H3/b8-7+/t17-,18+,19+,20-,21+,24+,25+,26-,27-,28+/m1/s1. The monoisotopic (exact) mass is 428 g/mol.